The summed E-state index contributed by atoms with van der Waals surface area (Å²) in [7, 11) is 0. The van der Waals surface area contributed by atoms with E-state index in [1.165, 1.54) is 30.4 Å². The van der Waals surface area contributed by atoms with Gasteiger partial charge in [-0.05, 0) is 48.8 Å². The summed E-state index contributed by atoms with van der Waals surface area (Å²) in [5, 5.41) is 0. The molecule has 1 atom stereocenters. The van der Waals surface area contributed by atoms with Crippen LogP contribution in [0.1, 0.15) is 29.5 Å². The van der Waals surface area contributed by atoms with Gasteiger partial charge in [0, 0.05) is 12.1 Å². The van der Waals surface area contributed by atoms with E-state index in [4.69, 9.17) is 10.5 Å². The average Bonchev–Trinajstić information content (AvgIpc) is 2.86. The molecule has 16 heavy (non-hydrogen) atoms. The van der Waals surface area contributed by atoms with Gasteiger partial charge in [0.2, 0.25) is 0 Å². The monoisotopic (exact) mass is 217 g/mol. The number of ether oxygens (including phenoxy) is 1. The highest BCUT2D eigenvalue weighted by Gasteiger charge is 2.30. The first-order valence-corrected chi connectivity index (χ1v) is 6.23. The molecule has 2 aliphatic rings. The van der Waals surface area contributed by atoms with Gasteiger partial charge in [0.15, 0.2) is 0 Å². The third-order valence-electron chi connectivity index (χ3n) is 3.85. The molecule has 1 aliphatic carbocycles. The van der Waals surface area contributed by atoms with Crippen LogP contribution < -0.4 is 5.73 Å². The Bertz CT molecular complexity index is 394. The van der Waals surface area contributed by atoms with Gasteiger partial charge >= 0.3 is 0 Å². The minimum atomic E-state index is -0.118. The van der Waals surface area contributed by atoms with Crippen molar-refractivity contribution in [2.75, 3.05) is 13.2 Å². The normalized spacial score (nSPS) is 28.3. The zero-order chi connectivity index (χ0) is 11.0. The van der Waals surface area contributed by atoms with E-state index in [1.54, 1.807) is 5.56 Å². The van der Waals surface area contributed by atoms with Crippen molar-refractivity contribution in [1.82, 2.24) is 0 Å². The van der Waals surface area contributed by atoms with E-state index in [2.05, 4.69) is 18.2 Å². The predicted octanol–water partition coefficient (Wildman–Crippen LogP) is 1.84. The van der Waals surface area contributed by atoms with Crippen molar-refractivity contribution in [3.8, 4) is 0 Å². The van der Waals surface area contributed by atoms with Crippen molar-refractivity contribution in [2.24, 2.45) is 5.73 Å². The van der Waals surface area contributed by atoms with E-state index in [9.17, 15) is 0 Å². The summed E-state index contributed by atoms with van der Waals surface area (Å²) in [6, 6.07) is 6.89. The molecule has 0 spiro atoms. The lowest BCUT2D eigenvalue weighted by Gasteiger charge is -2.22. The van der Waals surface area contributed by atoms with E-state index in [-0.39, 0.29) is 5.54 Å². The van der Waals surface area contributed by atoms with Crippen molar-refractivity contribution in [1.29, 1.82) is 0 Å². The second-order valence-corrected chi connectivity index (χ2v) is 5.30. The van der Waals surface area contributed by atoms with Gasteiger partial charge in [-0.1, -0.05) is 18.2 Å². The van der Waals surface area contributed by atoms with Crippen molar-refractivity contribution in [2.45, 2.75) is 37.6 Å². The molecule has 1 heterocycles. The third kappa shape index (κ3) is 1.87. The molecule has 86 valence electrons. The van der Waals surface area contributed by atoms with Crippen LogP contribution in [0.25, 0.3) is 0 Å². The molecule has 1 fully saturated rings. The van der Waals surface area contributed by atoms with Crippen LogP contribution >= 0.6 is 0 Å². The highest BCUT2D eigenvalue weighted by molar-refractivity contribution is 5.36. The fourth-order valence-corrected chi connectivity index (χ4v) is 2.90. The van der Waals surface area contributed by atoms with E-state index >= 15 is 0 Å². The minimum absolute atomic E-state index is 0.118. The molecule has 3 rings (SSSR count). The maximum absolute atomic E-state index is 6.31. The van der Waals surface area contributed by atoms with Crippen molar-refractivity contribution in [3.63, 3.8) is 0 Å². The van der Waals surface area contributed by atoms with Crippen LogP contribution in [0.2, 0.25) is 0 Å². The molecular weight excluding hydrogens is 198 g/mol. The Labute approximate surface area is 96.8 Å². The van der Waals surface area contributed by atoms with Gasteiger partial charge in [-0.25, -0.2) is 0 Å². The summed E-state index contributed by atoms with van der Waals surface area (Å²) in [5.41, 5.74) is 10.7. The van der Waals surface area contributed by atoms with Crippen LogP contribution in [0, 0.1) is 0 Å². The van der Waals surface area contributed by atoms with Crippen molar-refractivity contribution >= 4 is 0 Å². The largest absolute Gasteiger partial charge is 0.379 e. The molecular formula is C14H19NO. The molecule has 0 bridgehead atoms. The first-order chi connectivity index (χ1) is 7.75. The number of aryl methyl sites for hydroxylation is 2. The molecule has 2 heteroatoms. The Morgan fingerprint density at radius 3 is 2.94 bits per heavy atom. The van der Waals surface area contributed by atoms with E-state index < -0.39 is 0 Å². The van der Waals surface area contributed by atoms with Crippen LogP contribution in [-0.2, 0) is 24.0 Å². The lowest BCUT2D eigenvalue weighted by atomic mass is 9.90. The number of nitrogens with two attached hydrogens (primary N) is 1. The van der Waals surface area contributed by atoms with Crippen LogP contribution in [0.3, 0.4) is 0 Å². The van der Waals surface area contributed by atoms with Gasteiger partial charge in [-0.3, -0.25) is 0 Å². The number of benzene rings is 1. The maximum Gasteiger partial charge on any atom is 0.0650 e. The topological polar surface area (TPSA) is 35.2 Å². The molecule has 2 nitrogen and oxygen atoms in total. The molecule has 1 aromatic carbocycles. The maximum atomic E-state index is 6.31. The third-order valence-corrected chi connectivity index (χ3v) is 3.85. The molecule has 1 aromatic rings. The quantitative estimate of drug-likeness (QED) is 0.820. The molecule has 2 N–H and O–H groups in total. The van der Waals surface area contributed by atoms with Crippen LogP contribution in [0.4, 0.5) is 0 Å². The summed E-state index contributed by atoms with van der Waals surface area (Å²) >= 11 is 0. The minimum Gasteiger partial charge on any atom is -0.379 e. The number of rotatable bonds is 2. The molecule has 1 saturated heterocycles. The fraction of sp³-hybridized carbons (Fsp3) is 0.571. The molecule has 0 radical (unpaired) electrons. The van der Waals surface area contributed by atoms with Gasteiger partial charge in [-0.15, -0.1) is 0 Å². The highest BCUT2D eigenvalue weighted by Crippen LogP contribution is 2.26. The average molecular weight is 217 g/mol. The summed E-state index contributed by atoms with van der Waals surface area (Å²) in [5.74, 6) is 0. The van der Waals surface area contributed by atoms with Crippen molar-refractivity contribution in [3.05, 3.63) is 34.9 Å². The second-order valence-electron chi connectivity index (χ2n) is 5.30. The molecule has 1 unspecified atom stereocenters. The van der Waals surface area contributed by atoms with Crippen LogP contribution in [0.5, 0.6) is 0 Å². The first-order valence-electron chi connectivity index (χ1n) is 6.23. The van der Waals surface area contributed by atoms with Gasteiger partial charge in [0.25, 0.3) is 0 Å². The van der Waals surface area contributed by atoms with E-state index in [0.717, 1.165) is 19.4 Å². The highest BCUT2D eigenvalue weighted by atomic mass is 16.5. The summed E-state index contributed by atoms with van der Waals surface area (Å²) in [4.78, 5) is 0. The van der Waals surface area contributed by atoms with E-state index in [0.29, 0.717) is 6.61 Å². The lowest BCUT2D eigenvalue weighted by molar-refractivity contribution is 0.178. The van der Waals surface area contributed by atoms with Gasteiger partial charge < -0.3 is 10.5 Å². The Morgan fingerprint density at radius 1 is 1.25 bits per heavy atom. The Morgan fingerprint density at radius 2 is 2.12 bits per heavy atom. The molecule has 0 amide bonds. The lowest BCUT2D eigenvalue weighted by Crippen LogP contribution is -2.42. The van der Waals surface area contributed by atoms with Gasteiger partial charge in [0.05, 0.1) is 6.61 Å². The first kappa shape index (κ1) is 10.3. The van der Waals surface area contributed by atoms with Crippen LogP contribution in [0.15, 0.2) is 18.2 Å². The molecule has 1 aliphatic heterocycles. The number of hydrogen-bond donors (Lipinski definition) is 1. The molecule has 0 saturated carbocycles. The zero-order valence-corrected chi connectivity index (χ0v) is 9.67. The Balaban J connectivity index is 1.80. The smallest absolute Gasteiger partial charge is 0.0650 e. The SMILES string of the molecule is NC1(Cc2ccc3c(c2)CCC3)CCOC1. The summed E-state index contributed by atoms with van der Waals surface area (Å²) in [6.07, 6.45) is 5.77. The number of fused-ring (bicyclic) bond motifs is 1. The molecule has 0 aromatic heterocycles. The second kappa shape index (κ2) is 3.86. The van der Waals surface area contributed by atoms with Gasteiger partial charge in [0.1, 0.15) is 0 Å². The Hall–Kier alpha value is -0.860. The van der Waals surface area contributed by atoms with Crippen LogP contribution in [-0.4, -0.2) is 18.8 Å². The standard InChI is InChI=1S/C14H19NO/c15-14(6-7-16-10-14)9-11-4-5-12-2-1-3-13(12)8-11/h4-5,8H,1-3,6-7,9-10,15H2. The summed E-state index contributed by atoms with van der Waals surface area (Å²) in [6.45, 7) is 1.53. The van der Waals surface area contributed by atoms with Crippen molar-refractivity contribution < 1.29 is 4.74 Å². The predicted molar refractivity (Wildman–Crippen MR) is 64.5 cm³/mol. The fourth-order valence-electron chi connectivity index (χ4n) is 2.90. The summed E-state index contributed by atoms with van der Waals surface area (Å²) < 4.78 is 5.40. The Kier molecular flexibility index (Phi) is 2.49. The van der Waals surface area contributed by atoms with Gasteiger partial charge in [-0.2, -0.15) is 0 Å². The zero-order valence-electron chi connectivity index (χ0n) is 9.67. The van der Waals surface area contributed by atoms with E-state index in [1.807, 2.05) is 0 Å². The number of hydrogen-bond acceptors (Lipinski definition) is 2.